The van der Waals surface area contributed by atoms with Crippen LogP contribution >= 0.6 is 0 Å². The maximum absolute atomic E-state index is 7.75. The van der Waals surface area contributed by atoms with Crippen molar-refractivity contribution in [2.75, 3.05) is 0 Å². The van der Waals surface area contributed by atoms with Gasteiger partial charge >= 0.3 is 0 Å². The minimum Gasteiger partial charge on any atom is -0.545 e. The van der Waals surface area contributed by atoms with E-state index in [0.29, 0.717) is 0 Å². The molecule has 0 saturated heterocycles. The fourth-order valence-corrected chi connectivity index (χ4v) is 0.564. The summed E-state index contributed by atoms with van der Waals surface area (Å²) in [6, 6.07) is 9.80. The Hall–Kier alpha value is -1.51. The molecule has 0 amide bonds. The van der Waals surface area contributed by atoms with Crippen LogP contribution in [0.2, 0.25) is 0 Å². The van der Waals surface area contributed by atoms with Crippen molar-refractivity contribution in [3.8, 4) is 0 Å². The zero-order valence-electron chi connectivity index (χ0n) is 7.88. The average Bonchev–Trinajstić information content (AvgIpc) is 2.37. The van der Waals surface area contributed by atoms with Crippen LogP contribution < -0.4 is 0 Å². The van der Waals surface area contributed by atoms with Gasteiger partial charge in [-0.3, -0.25) is 26.9 Å². The van der Waals surface area contributed by atoms with E-state index >= 15 is 0 Å². The van der Waals surface area contributed by atoms with Gasteiger partial charge in [0.25, 0.3) is 0 Å². The predicted octanol–water partition coefficient (Wildman–Crippen LogP) is 1.31. The molecule has 4 heteroatoms. The molecule has 0 spiro atoms. The van der Waals surface area contributed by atoms with Crippen molar-refractivity contribution in [2.45, 2.75) is 0 Å². The molecule has 1 radical (unpaired) electrons. The first-order valence-corrected chi connectivity index (χ1v) is 3.24. The summed E-state index contributed by atoms with van der Waals surface area (Å²) in [6.45, 7) is 15.0. The molecule has 1 aromatic rings. The summed E-state index contributed by atoms with van der Waals surface area (Å²) in [5, 5.41) is 0. The fraction of sp³-hybridized carbons (Fsp3) is 0. The number of carbonyl (C=O) groups excluding carboxylic acids is 3. The molecule has 0 N–H and O–H groups in total. The molecule has 0 aromatic heterocycles. The molecule has 0 unspecified atom stereocenters. The molecule has 0 atom stereocenters. The summed E-state index contributed by atoms with van der Waals surface area (Å²) < 4.78 is 0. The van der Waals surface area contributed by atoms with Gasteiger partial charge < -0.3 is 14.4 Å². The van der Waals surface area contributed by atoms with Crippen LogP contribution in [0.4, 0.5) is 0 Å². The molecule has 0 aliphatic carbocycles. The van der Waals surface area contributed by atoms with Gasteiger partial charge in [0.15, 0.2) is 0 Å². The van der Waals surface area contributed by atoms with E-state index in [1.165, 1.54) is 0 Å². The maximum atomic E-state index is 7.75. The Morgan fingerprint density at radius 2 is 1.13 bits per heavy atom. The minimum absolute atomic E-state index is 0. The van der Waals surface area contributed by atoms with Crippen LogP contribution in [0.5, 0.6) is 0 Å². The van der Waals surface area contributed by atoms with Crippen molar-refractivity contribution in [2.24, 2.45) is 0 Å². The van der Waals surface area contributed by atoms with Gasteiger partial charge in [0, 0.05) is 17.1 Å². The monoisotopic (exact) mass is 245 g/mol. The Morgan fingerprint density at radius 3 is 1.33 bits per heavy atom. The molecular weight excluding hydrogens is 235 g/mol. The molecule has 0 fully saturated rings. The zero-order valence-corrected chi connectivity index (χ0v) is 9.06. The van der Waals surface area contributed by atoms with Crippen molar-refractivity contribution in [3.05, 3.63) is 42.5 Å². The second-order valence-corrected chi connectivity index (χ2v) is 1.58. The third-order valence-electron chi connectivity index (χ3n) is 0.992. The first kappa shape index (κ1) is 23.4. The van der Waals surface area contributed by atoms with Crippen molar-refractivity contribution in [1.82, 2.24) is 0 Å². The van der Waals surface area contributed by atoms with E-state index < -0.39 is 0 Å². The second-order valence-electron chi connectivity index (χ2n) is 1.58. The van der Waals surface area contributed by atoms with E-state index in [9.17, 15) is 0 Å². The van der Waals surface area contributed by atoms with Crippen molar-refractivity contribution >= 4 is 26.4 Å². The summed E-state index contributed by atoms with van der Waals surface area (Å²) in [7, 11) is 0. The summed E-state index contributed by atoms with van der Waals surface area (Å²) in [5.41, 5.74) is 1.06. The summed E-state index contributed by atoms with van der Waals surface area (Å²) in [6.07, 6.45) is 1.58. The van der Waals surface area contributed by atoms with E-state index in [0.717, 1.165) is 5.56 Å². The van der Waals surface area contributed by atoms with Crippen LogP contribution in [0.1, 0.15) is 5.56 Å². The van der Waals surface area contributed by atoms with Gasteiger partial charge in [-0.25, -0.2) is 6.08 Å². The Labute approximate surface area is 101 Å². The summed E-state index contributed by atoms with van der Waals surface area (Å²) in [4.78, 5) is 23.2. The first-order valence-electron chi connectivity index (χ1n) is 3.24. The van der Waals surface area contributed by atoms with Crippen molar-refractivity contribution in [1.29, 1.82) is 0 Å². The Balaban J connectivity index is -0.0000000755. The fourth-order valence-electron chi connectivity index (χ4n) is 0.564. The molecule has 15 heavy (non-hydrogen) atoms. The minimum atomic E-state index is 0. The third-order valence-corrected chi connectivity index (χ3v) is 0.992. The summed E-state index contributed by atoms with van der Waals surface area (Å²) in [5.74, 6) is 0. The van der Waals surface area contributed by atoms with E-state index in [2.05, 4.69) is 20.4 Å². The molecular formula is C11H10MnO3-4. The number of hydrogen-bond acceptors (Lipinski definition) is 3. The SMILES string of the molecule is [CH-]=Cc1ccccc1.[CH-]=O.[CH-]=O.[CH-]=O.[Mn]. The van der Waals surface area contributed by atoms with Gasteiger partial charge in [-0.05, 0) is 0 Å². The number of benzene rings is 1. The van der Waals surface area contributed by atoms with E-state index in [4.69, 9.17) is 21.0 Å². The smallest absolute Gasteiger partial charge is 0 e. The van der Waals surface area contributed by atoms with Crippen LogP contribution in [0.25, 0.3) is 6.08 Å². The van der Waals surface area contributed by atoms with Gasteiger partial charge in [-0.1, -0.05) is 18.2 Å². The molecule has 3 nitrogen and oxygen atoms in total. The summed E-state index contributed by atoms with van der Waals surface area (Å²) >= 11 is 0. The van der Waals surface area contributed by atoms with E-state index in [-0.39, 0.29) is 17.1 Å². The molecule has 0 bridgehead atoms. The van der Waals surface area contributed by atoms with Gasteiger partial charge in [0.2, 0.25) is 0 Å². The van der Waals surface area contributed by atoms with Crippen LogP contribution in [0.3, 0.4) is 0 Å². The maximum Gasteiger partial charge on any atom is 0 e. The second kappa shape index (κ2) is 29.4. The van der Waals surface area contributed by atoms with Crippen LogP contribution in [-0.4, -0.2) is 20.4 Å². The zero-order chi connectivity index (χ0) is 11.8. The molecule has 0 saturated carbocycles. The number of hydrogen-bond donors (Lipinski definition) is 0. The van der Waals surface area contributed by atoms with Crippen molar-refractivity contribution in [3.63, 3.8) is 0 Å². The third kappa shape index (κ3) is 19.1. The standard InChI is InChI=1S/C8H7.3CHO.Mn/c1-2-8-6-4-3-5-7-8;3*1-2;/h1-7H;3*1H;/q4*-1;. The average molecular weight is 245 g/mol. The molecule has 0 heterocycles. The normalized spacial score (nSPS) is 5.33. The Kier molecular flexibility index (Phi) is 45.8. The van der Waals surface area contributed by atoms with E-state index in [1.807, 2.05) is 30.3 Å². The van der Waals surface area contributed by atoms with Crippen LogP contribution in [-0.2, 0) is 31.5 Å². The van der Waals surface area contributed by atoms with Gasteiger partial charge in [0.1, 0.15) is 0 Å². The molecule has 1 rings (SSSR count). The molecule has 1 aromatic carbocycles. The largest absolute Gasteiger partial charge is 0.545 e. The Bertz CT molecular complexity index is 210. The molecule has 83 valence electrons. The van der Waals surface area contributed by atoms with Gasteiger partial charge in [-0.15, -0.1) is 12.1 Å². The first-order chi connectivity index (χ1) is 6.93. The van der Waals surface area contributed by atoms with E-state index in [1.54, 1.807) is 6.08 Å². The van der Waals surface area contributed by atoms with Crippen LogP contribution in [0, 0.1) is 6.58 Å². The van der Waals surface area contributed by atoms with Gasteiger partial charge in [-0.2, -0.15) is 5.56 Å². The van der Waals surface area contributed by atoms with Crippen molar-refractivity contribution < 1.29 is 31.5 Å². The topological polar surface area (TPSA) is 51.2 Å². The predicted molar refractivity (Wildman–Crippen MR) is 55.5 cm³/mol. The van der Waals surface area contributed by atoms with Crippen LogP contribution in [0.15, 0.2) is 30.3 Å². The molecule has 0 aliphatic rings. The Morgan fingerprint density at radius 1 is 0.800 bits per heavy atom. The quantitative estimate of drug-likeness (QED) is 0.426. The number of rotatable bonds is 1. The molecule has 0 aliphatic heterocycles. The van der Waals surface area contributed by atoms with Gasteiger partial charge in [0.05, 0.1) is 0 Å².